The van der Waals surface area contributed by atoms with E-state index in [4.69, 9.17) is 5.73 Å². The lowest BCUT2D eigenvalue weighted by molar-refractivity contribution is 0.0934. The first-order valence-corrected chi connectivity index (χ1v) is 5.80. The summed E-state index contributed by atoms with van der Waals surface area (Å²) in [5.41, 5.74) is 7.79. The van der Waals surface area contributed by atoms with Gasteiger partial charge in [0.15, 0.2) is 0 Å². The van der Waals surface area contributed by atoms with Crippen LogP contribution in [-0.2, 0) is 0 Å². The topological polar surface area (TPSA) is 55.1 Å². The number of carbonyl (C=O) groups excluding carboxylic acids is 1. The van der Waals surface area contributed by atoms with Gasteiger partial charge < -0.3 is 11.1 Å². The average molecular weight is 218 g/mol. The van der Waals surface area contributed by atoms with E-state index in [1.165, 1.54) is 0 Å². The molecule has 1 aliphatic rings. The van der Waals surface area contributed by atoms with E-state index >= 15 is 0 Å². The number of aryl methyl sites for hydroxylation is 1. The van der Waals surface area contributed by atoms with Crippen LogP contribution in [0, 0.1) is 6.92 Å². The van der Waals surface area contributed by atoms with E-state index in [0.29, 0.717) is 5.56 Å². The summed E-state index contributed by atoms with van der Waals surface area (Å²) in [6.07, 6.45) is 3.12. The first kappa shape index (κ1) is 11.1. The Bertz CT molecular complexity index is 372. The minimum Gasteiger partial charge on any atom is -0.348 e. The molecule has 0 spiro atoms. The van der Waals surface area contributed by atoms with Gasteiger partial charge in [-0.25, -0.2) is 0 Å². The molecule has 86 valence electrons. The molecule has 2 rings (SSSR count). The highest BCUT2D eigenvalue weighted by molar-refractivity contribution is 5.94. The number of hydrogen-bond donors (Lipinski definition) is 2. The van der Waals surface area contributed by atoms with Crippen LogP contribution in [0.4, 0.5) is 0 Å². The van der Waals surface area contributed by atoms with Crippen molar-refractivity contribution in [2.45, 2.75) is 38.3 Å². The van der Waals surface area contributed by atoms with Crippen LogP contribution in [-0.4, -0.2) is 18.0 Å². The zero-order valence-electron chi connectivity index (χ0n) is 9.57. The zero-order valence-corrected chi connectivity index (χ0v) is 9.57. The highest BCUT2D eigenvalue weighted by Crippen LogP contribution is 2.17. The lowest BCUT2D eigenvalue weighted by atomic mass is 10.1. The molecule has 0 aliphatic heterocycles. The molecular formula is C13H18N2O. The van der Waals surface area contributed by atoms with Crippen LogP contribution in [0.25, 0.3) is 0 Å². The fourth-order valence-corrected chi connectivity index (χ4v) is 2.12. The molecule has 0 bridgehead atoms. The highest BCUT2D eigenvalue weighted by atomic mass is 16.1. The van der Waals surface area contributed by atoms with Crippen molar-refractivity contribution in [3.63, 3.8) is 0 Å². The van der Waals surface area contributed by atoms with Gasteiger partial charge >= 0.3 is 0 Å². The van der Waals surface area contributed by atoms with Crippen molar-refractivity contribution in [3.8, 4) is 0 Å². The van der Waals surface area contributed by atoms with Gasteiger partial charge in [-0.3, -0.25) is 4.79 Å². The second kappa shape index (κ2) is 4.66. The minimum absolute atomic E-state index is 0.0117. The Balaban J connectivity index is 2.00. The third-order valence-corrected chi connectivity index (χ3v) is 3.20. The molecule has 2 unspecified atom stereocenters. The number of rotatable bonds is 2. The predicted molar refractivity (Wildman–Crippen MR) is 64.3 cm³/mol. The first-order chi connectivity index (χ1) is 7.66. The standard InChI is InChI=1S/C13H18N2O/c1-9-5-7-10(8-6-9)13(16)15-12-4-2-3-11(12)14/h5-8,11-12H,2-4,14H2,1H3,(H,15,16). The van der Waals surface area contributed by atoms with Gasteiger partial charge in [-0.2, -0.15) is 0 Å². The summed E-state index contributed by atoms with van der Waals surface area (Å²) < 4.78 is 0. The van der Waals surface area contributed by atoms with E-state index < -0.39 is 0 Å². The Morgan fingerprint density at radius 3 is 2.56 bits per heavy atom. The fourth-order valence-electron chi connectivity index (χ4n) is 2.12. The molecule has 16 heavy (non-hydrogen) atoms. The van der Waals surface area contributed by atoms with E-state index in [-0.39, 0.29) is 18.0 Å². The lowest BCUT2D eigenvalue weighted by Gasteiger charge is -2.17. The van der Waals surface area contributed by atoms with Gasteiger partial charge in [0.1, 0.15) is 0 Å². The van der Waals surface area contributed by atoms with Crippen LogP contribution in [0.15, 0.2) is 24.3 Å². The monoisotopic (exact) mass is 218 g/mol. The molecule has 1 aromatic carbocycles. The molecule has 3 N–H and O–H groups in total. The van der Waals surface area contributed by atoms with Crippen LogP contribution in [0.3, 0.4) is 0 Å². The van der Waals surface area contributed by atoms with Gasteiger partial charge in [-0.05, 0) is 38.3 Å². The van der Waals surface area contributed by atoms with E-state index in [1.807, 2.05) is 31.2 Å². The summed E-state index contributed by atoms with van der Waals surface area (Å²) in [6, 6.07) is 7.87. The van der Waals surface area contributed by atoms with E-state index in [0.717, 1.165) is 24.8 Å². The van der Waals surface area contributed by atoms with Crippen molar-refractivity contribution in [1.29, 1.82) is 0 Å². The number of nitrogens with two attached hydrogens (primary N) is 1. The maximum Gasteiger partial charge on any atom is 0.251 e. The van der Waals surface area contributed by atoms with Crippen molar-refractivity contribution in [2.75, 3.05) is 0 Å². The molecule has 1 fully saturated rings. The van der Waals surface area contributed by atoms with E-state index in [2.05, 4.69) is 5.32 Å². The molecule has 0 radical (unpaired) electrons. The Morgan fingerprint density at radius 2 is 2.00 bits per heavy atom. The number of amides is 1. The molecule has 1 aromatic rings. The summed E-state index contributed by atoms with van der Waals surface area (Å²) in [7, 11) is 0. The third kappa shape index (κ3) is 2.42. The van der Waals surface area contributed by atoms with E-state index in [1.54, 1.807) is 0 Å². The van der Waals surface area contributed by atoms with Crippen molar-refractivity contribution < 1.29 is 4.79 Å². The largest absolute Gasteiger partial charge is 0.348 e. The molecule has 2 atom stereocenters. The maximum absolute atomic E-state index is 11.9. The molecule has 0 heterocycles. The van der Waals surface area contributed by atoms with E-state index in [9.17, 15) is 4.79 Å². The summed E-state index contributed by atoms with van der Waals surface area (Å²) in [5, 5.41) is 3.00. The van der Waals surface area contributed by atoms with Gasteiger partial charge in [0.2, 0.25) is 0 Å². The third-order valence-electron chi connectivity index (χ3n) is 3.20. The van der Waals surface area contributed by atoms with Gasteiger partial charge in [-0.1, -0.05) is 17.7 Å². The smallest absolute Gasteiger partial charge is 0.251 e. The highest BCUT2D eigenvalue weighted by Gasteiger charge is 2.25. The Hall–Kier alpha value is -1.35. The zero-order chi connectivity index (χ0) is 11.5. The van der Waals surface area contributed by atoms with Gasteiger partial charge in [0, 0.05) is 17.6 Å². The summed E-state index contributed by atoms with van der Waals surface area (Å²) in [4.78, 5) is 11.9. The van der Waals surface area contributed by atoms with Crippen molar-refractivity contribution in [2.24, 2.45) is 5.73 Å². The Kier molecular flexibility index (Phi) is 3.25. The molecule has 0 aromatic heterocycles. The maximum atomic E-state index is 11.9. The number of nitrogens with one attached hydrogen (secondary N) is 1. The van der Waals surface area contributed by atoms with Crippen molar-refractivity contribution >= 4 is 5.91 Å². The van der Waals surface area contributed by atoms with Gasteiger partial charge in [0.25, 0.3) is 5.91 Å². The molecule has 1 saturated carbocycles. The fraction of sp³-hybridized carbons (Fsp3) is 0.462. The molecule has 3 nitrogen and oxygen atoms in total. The normalized spacial score (nSPS) is 24.4. The molecular weight excluding hydrogens is 200 g/mol. The SMILES string of the molecule is Cc1ccc(C(=O)NC2CCCC2N)cc1. The Morgan fingerprint density at radius 1 is 1.31 bits per heavy atom. The van der Waals surface area contributed by atoms with Crippen LogP contribution >= 0.6 is 0 Å². The van der Waals surface area contributed by atoms with Crippen LogP contribution in [0.1, 0.15) is 35.2 Å². The molecule has 3 heteroatoms. The predicted octanol–water partition coefficient (Wildman–Crippen LogP) is 1.60. The summed E-state index contributed by atoms with van der Waals surface area (Å²) >= 11 is 0. The second-order valence-corrected chi connectivity index (χ2v) is 4.54. The average Bonchev–Trinajstić information content (AvgIpc) is 2.65. The molecule has 0 saturated heterocycles. The van der Waals surface area contributed by atoms with Crippen LogP contribution < -0.4 is 11.1 Å². The number of hydrogen-bond acceptors (Lipinski definition) is 2. The van der Waals surface area contributed by atoms with Crippen molar-refractivity contribution in [3.05, 3.63) is 35.4 Å². The second-order valence-electron chi connectivity index (χ2n) is 4.54. The van der Waals surface area contributed by atoms with Crippen LogP contribution in [0.5, 0.6) is 0 Å². The minimum atomic E-state index is -0.0117. The van der Waals surface area contributed by atoms with Crippen molar-refractivity contribution in [1.82, 2.24) is 5.32 Å². The van der Waals surface area contributed by atoms with Gasteiger partial charge in [-0.15, -0.1) is 0 Å². The van der Waals surface area contributed by atoms with Gasteiger partial charge in [0.05, 0.1) is 0 Å². The lowest BCUT2D eigenvalue weighted by Crippen LogP contribution is -2.43. The molecule has 1 amide bonds. The number of benzene rings is 1. The Labute approximate surface area is 96.0 Å². The van der Waals surface area contributed by atoms with Crippen LogP contribution in [0.2, 0.25) is 0 Å². The summed E-state index contributed by atoms with van der Waals surface area (Å²) in [5.74, 6) is -0.0117. The summed E-state index contributed by atoms with van der Waals surface area (Å²) in [6.45, 7) is 2.01. The molecule has 1 aliphatic carbocycles. The quantitative estimate of drug-likeness (QED) is 0.792. The first-order valence-electron chi connectivity index (χ1n) is 5.80. The number of carbonyl (C=O) groups is 1.